The number of halogens is 2. The van der Waals surface area contributed by atoms with Crippen LogP contribution in [0, 0.1) is 11.6 Å². The Morgan fingerprint density at radius 1 is 1.18 bits per heavy atom. The lowest BCUT2D eigenvalue weighted by Crippen LogP contribution is -2.41. The molecule has 1 saturated heterocycles. The Balaban J connectivity index is 1.55. The van der Waals surface area contributed by atoms with E-state index in [-0.39, 0.29) is 18.0 Å². The highest BCUT2D eigenvalue weighted by molar-refractivity contribution is 5.80. The first-order valence-corrected chi connectivity index (χ1v) is 9.30. The SMILES string of the molecule is COc1ccc(CNC2CC(C(N)=O)N(CCc3ccc(F)c(F)c3)C2)cc1. The number of hydrogen-bond acceptors (Lipinski definition) is 4. The number of primary amides is 1. The molecule has 28 heavy (non-hydrogen) atoms. The van der Waals surface area contributed by atoms with E-state index in [4.69, 9.17) is 10.5 Å². The molecule has 0 saturated carbocycles. The van der Waals surface area contributed by atoms with Gasteiger partial charge in [0.05, 0.1) is 13.2 Å². The highest BCUT2D eigenvalue weighted by Crippen LogP contribution is 2.20. The van der Waals surface area contributed by atoms with E-state index >= 15 is 0 Å². The van der Waals surface area contributed by atoms with Gasteiger partial charge in [-0.25, -0.2) is 8.78 Å². The van der Waals surface area contributed by atoms with Crippen LogP contribution in [0.3, 0.4) is 0 Å². The quantitative estimate of drug-likeness (QED) is 0.727. The number of nitrogens with two attached hydrogens (primary N) is 1. The minimum atomic E-state index is -0.859. The van der Waals surface area contributed by atoms with Crippen LogP contribution >= 0.6 is 0 Å². The summed E-state index contributed by atoms with van der Waals surface area (Å²) in [5.74, 6) is -1.27. The van der Waals surface area contributed by atoms with Gasteiger partial charge >= 0.3 is 0 Å². The molecule has 0 spiro atoms. The van der Waals surface area contributed by atoms with Crippen molar-refractivity contribution in [3.8, 4) is 5.75 Å². The van der Waals surface area contributed by atoms with E-state index in [9.17, 15) is 13.6 Å². The second-order valence-electron chi connectivity index (χ2n) is 7.07. The van der Waals surface area contributed by atoms with Gasteiger partial charge in [-0.2, -0.15) is 0 Å². The van der Waals surface area contributed by atoms with Crippen LogP contribution in [0.15, 0.2) is 42.5 Å². The number of carbonyl (C=O) groups excluding carboxylic acids is 1. The van der Waals surface area contributed by atoms with Gasteiger partial charge in [0.15, 0.2) is 11.6 Å². The summed E-state index contributed by atoms with van der Waals surface area (Å²) in [6.07, 6.45) is 1.15. The van der Waals surface area contributed by atoms with Crippen molar-refractivity contribution in [3.63, 3.8) is 0 Å². The monoisotopic (exact) mass is 389 g/mol. The Morgan fingerprint density at radius 2 is 1.89 bits per heavy atom. The summed E-state index contributed by atoms with van der Waals surface area (Å²) in [5.41, 5.74) is 7.38. The van der Waals surface area contributed by atoms with Crippen LogP contribution in [0.2, 0.25) is 0 Å². The van der Waals surface area contributed by atoms with Crippen molar-refractivity contribution in [2.75, 3.05) is 20.2 Å². The summed E-state index contributed by atoms with van der Waals surface area (Å²) >= 11 is 0. The van der Waals surface area contributed by atoms with Crippen LogP contribution in [-0.2, 0) is 17.8 Å². The third-order valence-corrected chi connectivity index (χ3v) is 5.16. The topological polar surface area (TPSA) is 67.6 Å². The van der Waals surface area contributed by atoms with Gasteiger partial charge in [0.1, 0.15) is 5.75 Å². The first-order chi connectivity index (χ1) is 13.5. The van der Waals surface area contributed by atoms with Crippen molar-refractivity contribution in [1.82, 2.24) is 10.2 Å². The molecular weight excluding hydrogens is 364 g/mol. The van der Waals surface area contributed by atoms with Gasteiger partial charge in [-0.3, -0.25) is 9.69 Å². The molecule has 2 aromatic rings. The van der Waals surface area contributed by atoms with Crippen molar-refractivity contribution in [1.29, 1.82) is 0 Å². The standard InChI is InChI=1S/C21H25F2N3O2/c1-28-17-5-2-15(3-6-17)12-25-16-11-20(21(24)27)26(13-16)9-8-14-4-7-18(22)19(23)10-14/h2-7,10,16,20,25H,8-9,11-13H2,1H3,(H2,24,27). The average molecular weight is 389 g/mol. The normalized spacial score (nSPS) is 19.7. The van der Waals surface area contributed by atoms with Crippen LogP contribution in [0.25, 0.3) is 0 Å². The van der Waals surface area contributed by atoms with E-state index in [1.54, 1.807) is 13.2 Å². The average Bonchev–Trinajstić information content (AvgIpc) is 3.11. The van der Waals surface area contributed by atoms with Gasteiger partial charge in [0, 0.05) is 25.7 Å². The molecule has 150 valence electrons. The van der Waals surface area contributed by atoms with Crippen LogP contribution in [0.5, 0.6) is 5.75 Å². The van der Waals surface area contributed by atoms with E-state index < -0.39 is 11.6 Å². The summed E-state index contributed by atoms with van der Waals surface area (Å²) < 4.78 is 31.6. The van der Waals surface area contributed by atoms with Crippen molar-refractivity contribution in [3.05, 3.63) is 65.2 Å². The van der Waals surface area contributed by atoms with Crippen LogP contribution in [0.1, 0.15) is 17.5 Å². The molecule has 2 unspecified atom stereocenters. The molecule has 1 amide bonds. The van der Waals surface area contributed by atoms with Crippen molar-refractivity contribution in [2.24, 2.45) is 5.73 Å². The molecule has 0 aromatic heterocycles. The van der Waals surface area contributed by atoms with E-state index in [0.717, 1.165) is 17.4 Å². The Bertz CT molecular complexity index is 814. The molecule has 0 aliphatic carbocycles. The molecule has 1 aliphatic heterocycles. The maximum Gasteiger partial charge on any atom is 0.234 e. The molecule has 1 aliphatic rings. The van der Waals surface area contributed by atoms with E-state index in [2.05, 4.69) is 5.32 Å². The predicted octanol–water partition coefficient (Wildman–Crippen LogP) is 2.23. The zero-order valence-corrected chi connectivity index (χ0v) is 15.8. The number of ether oxygens (including phenoxy) is 1. The van der Waals surface area contributed by atoms with Gasteiger partial charge in [-0.15, -0.1) is 0 Å². The fourth-order valence-corrected chi connectivity index (χ4v) is 3.57. The minimum absolute atomic E-state index is 0.129. The number of carbonyl (C=O) groups is 1. The molecule has 3 N–H and O–H groups in total. The highest BCUT2D eigenvalue weighted by Gasteiger charge is 2.34. The summed E-state index contributed by atoms with van der Waals surface area (Å²) in [6, 6.07) is 11.5. The summed E-state index contributed by atoms with van der Waals surface area (Å²) in [5, 5.41) is 3.47. The Morgan fingerprint density at radius 3 is 2.54 bits per heavy atom. The summed E-state index contributed by atoms with van der Waals surface area (Å²) in [7, 11) is 1.63. The Hall–Kier alpha value is -2.51. The second-order valence-corrected chi connectivity index (χ2v) is 7.07. The highest BCUT2D eigenvalue weighted by atomic mass is 19.2. The molecule has 1 heterocycles. The van der Waals surface area contributed by atoms with Gasteiger partial charge in [0.2, 0.25) is 5.91 Å². The van der Waals surface area contributed by atoms with Gasteiger partial charge < -0.3 is 15.8 Å². The molecular formula is C21H25F2N3O2. The third-order valence-electron chi connectivity index (χ3n) is 5.16. The van der Waals surface area contributed by atoms with Gasteiger partial charge in [-0.1, -0.05) is 18.2 Å². The number of amides is 1. The molecule has 2 atom stereocenters. The number of nitrogens with one attached hydrogen (secondary N) is 1. The van der Waals surface area contributed by atoms with Crippen molar-refractivity contribution < 1.29 is 18.3 Å². The third kappa shape index (κ3) is 5.05. The van der Waals surface area contributed by atoms with Crippen LogP contribution in [0.4, 0.5) is 8.78 Å². The van der Waals surface area contributed by atoms with Crippen molar-refractivity contribution >= 4 is 5.91 Å². The summed E-state index contributed by atoms with van der Waals surface area (Å²) in [4.78, 5) is 13.9. The molecule has 0 radical (unpaired) electrons. The number of benzene rings is 2. The Labute approximate surface area is 163 Å². The van der Waals surface area contributed by atoms with E-state index in [0.29, 0.717) is 38.0 Å². The number of likely N-dealkylation sites (tertiary alicyclic amines) is 1. The predicted molar refractivity (Wildman–Crippen MR) is 103 cm³/mol. The second kappa shape index (κ2) is 9.12. The zero-order valence-electron chi connectivity index (χ0n) is 15.8. The van der Waals surface area contributed by atoms with E-state index in [1.807, 2.05) is 29.2 Å². The van der Waals surface area contributed by atoms with E-state index in [1.165, 1.54) is 6.07 Å². The van der Waals surface area contributed by atoms with Crippen LogP contribution in [-0.4, -0.2) is 43.1 Å². The minimum Gasteiger partial charge on any atom is -0.497 e. The number of rotatable bonds is 8. The molecule has 5 nitrogen and oxygen atoms in total. The lowest BCUT2D eigenvalue weighted by Gasteiger charge is -2.21. The first kappa shape index (κ1) is 20.2. The fraction of sp³-hybridized carbons (Fsp3) is 0.381. The maximum absolute atomic E-state index is 13.4. The largest absolute Gasteiger partial charge is 0.497 e. The first-order valence-electron chi connectivity index (χ1n) is 9.30. The lowest BCUT2D eigenvalue weighted by molar-refractivity contribution is -0.122. The Kier molecular flexibility index (Phi) is 6.59. The molecule has 2 aromatic carbocycles. The number of nitrogens with zero attached hydrogens (tertiary/aromatic N) is 1. The number of hydrogen-bond donors (Lipinski definition) is 2. The number of methoxy groups -OCH3 is 1. The fourth-order valence-electron chi connectivity index (χ4n) is 3.57. The molecule has 3 rings (SSSR count). The lowest BCUT2D eigenvalue weighted by atomic mass is 10.1. The summed E-state index contributed by atoms with van der Waals surface area (Å²) in [6.45, 7) is 1.91. The van der Waals surface area contributed by atoms with Gasteiger partial charge in [-0.05, 0) is 48.2 Å². The molecule has 1 fully saturated rings. The maximum atomic E-state index is 13.4. The molecule has 7 heteroatoms. The van der Waals surface area contributed by atoms with Crippen molar-refractivity contribution in [2.45, 2.75) is 31.5 Å². The van der Waals surface area contributed by atoms with Gasteiger partial charge in [0.25, 0.3) is 0 Å². The van der Waals surface area contributed by atoms with Crippen LogP contribution < -0.4 is 15.8 Å². The zero-order chi connectivity index (χ0) is 20.1. The molecule has 0 bridgehead atoms. The smallest absolute Gasteiger partial charge is 0.234 e.